The van der Waals surface area contributed by atoms with E-state index in [9.17, 15) is 0 Å². The summed E-state index contributed by atoms with van der Waals surface area (Å²) in [5, 5.41) is 0. The topological polar surface area (TPSA) is 38.4 Å². The maximum absolute atomic E-state index is 5.80. The molecular weight excluding hydrogens is 276 g/mol. The van der Waals surface area contributed by atoms with Crippen molar-refractivity contribution in [3.8, 4) is 0 Å². The average Bonchev–Trinajstić information content (AvgIpc) is 2.38. The Bertz CT molecular complexity index is 515. The van der Waals surface area contributed by atoms with Crippen LogP contribution in [0.25, 0.3) is 0 Å². The van der Waals surface area contributed by atoms with Crippen LogP contribution in [0.3, 0.4) is 0 Å². The van der Waals surface area contributed by atoms with Gasteiger partial charge in [0.1, 0.15) is 0 Å². The van der Waals surface area contributed by atoms with Crippen molar-refractivity contribution >= 4 is 17.5 Å². The highest BCUT2D eigenvalue weighted by Gasteiger charge is 2.13. The summed E-state index contributed by atoms with van der Waals surface area (Å²) in [5.41, 5.74) is 10.4. The fourth-order valence-electron chi connectivity index (χ4n) is 1.80. The summed E-state index contributed by atoms with van der Waals surface area (Å²) >= 11 is 1.51. The van der Waals surface area contributed by atoms with Gasteiger partial charge in [-0.15, -0.1) is 0 Å². The fraction of sp³-hybridized carbons (Fsp3) is 0.389. The molecule has 0 aromatic heterocycles. The first-order valence-corrected chi connectivity index (χ1v) is 7.95. The number of allylic oxidation sites excluding steroid dienone is 3. The smallest absolute Gasteiger partial charge is 0.0796 e. The van der Waals surface area contributed by atoms with Crippen LogP contribution in [0.4, 0.5) is 0 Å². The molecule has 0 unspecified atom stereocenters. The molecule has 2 nitrogen and oxygen atoms in total. The number of aliphatic imine (C=N–C) groups is 1. The summed E-state index contributed by atoms with van der Waals surface area (Å²) in [5.74, 6) is 0. The van der Waals surface area contributed by atoms with Gasteiger partial charge < -0.3 is 5.73 Å². The highest BCUT2D eigenvalue weighted by atomic mass is 32.2. The number of hydrogen-bond donors (Lipinski definition) is 1. The molecule has 0 aromatic rings. The van der Waals surface area contributed by atoms with Crippen molar-refractivity contribution in [1.82, 2.24) is 0 Å². The quantitative estimate of drug-likeness (QED) is 0.460. The van der Waals surface area contributed by atoms with Crippen molar-refractivity contribution in [2.24, 2.45) is 10.7 Å². The van der Waals surface area contributed by atoms with Crippen LogP contribution in [-0.4, -0.2) is 5.71 Å². The minimum atomic E-state index is 0.549. The molecule has 2 N–H and O–H groups in total. The van der Waals surface area contributed by atoms with Crippen molar-refractivity contribution in [2.45, 2.75) is 47.5 Å². The van der Waals surface area contributed by atoms with E-state index in [4.69, 9.17) is 5.73 Å². The van der Waals surface area contributed by atoms with Gasteiger partial charge in [-0.25, -0.2) is 0 Å². The van der Waals surface area contributed by atoms with Gasteiger partial charge in [0.15, 0.2) is 0 Å². The Morgan fingerprint density at radius 3 is 2.10 bits per heavy atom. The predicted octanol–water partition coefficient (Wildman–Crippen LogP) is 5.72. The van der Waals surface area contributed by atoms with Crippen molar-refractivity contribution in [3.63, 3.8) is 0 Å². The van der Waals surface area contributed by atoms with E-state index in [1.807, 2.05) is 33.8 Å². The number of hydrogen-bond acceptors (Lipinski definition) is 3. The van der Waals surface area contributed by atoms with E-state index in [1.165, 1.54) is 11.8 Å². The highest BCUT2D eigenvalue weighted by Crippen LogP contribution is 2.36. The number of thioether (sulfide) groups is 1. The lowest BCUT2D eigenvalue weighted by Crippen LogP contribution is -1.99. The molecule has 3 heteroatoms. The second kappa shape index (κ2) is 9.46. The first-order chi connectivity index (χ1) is 9.74. The van der Waals surface area contributed by atoms with Crippen LogP contribution < -0.4 is 5.73 Å². The van der Waals surface area contributed by atoms with Crippen molar-refractivity contribution < 1.29 is 0 Å². The molecular formula is C18H28N2S. The van der Waals surface area contributed by atoms with Crippen LogP contribution in [0.2, 0.25) is 0 Å². The maximum atomic E-state index is 5.80. The average molecular weight is 305 g/mol. The molecule has 0 spiro atoms. The fourth-order valence-corrected chi connectivity index (χ4v) is 2.58. The van der Waals surface area contributed by atoms with Crippen LogP contribution >= 0.6 is 11.8 Å². The van der Waals surface area contributed by atoms with Crippen LogP contribution in [0, 0.1) is 0 Å². The van der Waals surface area contributed by atoms with Crippen molar-refractivity contribution in [3.05, 3.63) is 58.2 Å². The zero-order chi connectivity index (χ0) is 16.6. The lowest BCUT2D eigenvalue weighted by atomic mass is 10.0. The Kier molecular flexibility index (Phi) is 8.79. The molecule has 0 amide bonds. The van der Waals surface area contributed by atoms with Gasteiger partial charge in [0, 0.05) is 21.2 Å². The molecule has 0 aliphatic rings. The van der Waals surface area contributed by atoms with Gasteiger partial charge >= 0.3 is 0 Å². The molecule has 0 aromatic carbocycles. The molecule has 0 heterocycles. The lowest BCUT2D eigenvalue weighted by Gasteiger charge is -2.15. The van der Waals surface area contributed by atoms with Crippen molar-refractivity contribution in [2.75, 3.05) is 0 Å². The Hall–Kier alpha value is -1.48. The van der Waals surface area contributed by atoms with E-state index in [-0.39, 0.29) is 0 Å². The van der Waals surface area contributed by atoms with E-state index in [0.29, 0.717) is 5.70 Å². The van der Waals surface area contributed by atoms with E-state index in [0.717, 1.165) is 45.2 Å². The summed E-state index contributed by atoms with van der Waals surface area (Å²) < 4.78 is 0. The molecule has 0 fully saturated rings. The number of nitrogens with two attached hydrogens (primary N) is 1. The Morgan fingerprint density at radius 1 is 1.19 bits per heavy atom. The summed E-state index contributed by atoms with van der Waals surface area (Å²) in [6, 6.07) is 0. The molecule has 0 saturated heterocycles. The monoisotopic (exact) mass is 304 g/mol. The third kappa shape index (κ3) is 6.67. The molecule has 0 rings (SSSR count). The minimum Gasteiger partial charge on any atom is -0.398 e. The minimum absolute atomic E-state index is 0.549. The SMILES string of the molecule is C=C(N)/C(=C/C)SC(=C)/C(N=C(C)C)=C(\CCC)C(=C)C. The Labute approximate surface area is 134 Å². The summed E-state index contributed by atoms with van der Waals surface area (Å²) in [6.45, 7) is 22.1. The number of nitrogens with zero attached hydrogens (tertiary/aromatic N) is 1. The van der Waals surface area contributed by atoms with Gasteiger partial charge in [0.2, 0.25) is 0 Å². The summed E-state index contributed by atoms with van der Waals surface area (Å²) in [4.78, 5) is 6.47. The van der Waals surface area contributed by atoms with Gasteiger partial charge in [-0.05, 0) is 39.7 Å². The van der Waals surface area contributed by atoms with Gasteiger partial charge in [0.05, 0.1) is 5.70 Å². The molecule has 0 saturated carbocycles. The van der Waals surface area contributed by atoms with Crippen molar-refractivity contribution in [1.29, 1.82) is 0 Å². The molecule has 0 bridgehead atoms. The second-order valence-electron chi connectivity index (χ2n) is 5.12. The summed E-state index contributed by atoms with van der Waals surface area (Å²) in [6.07, 6.45) is 3.93. The molecule has 0 atom stereocenters. The van der Waals surface area contributed by atoms with Gasteiger partial charge in [-0.3, -0.25) is 4.99 Å². The van der Waals surface area contributed by atoms with E-state index in [1.54, 1.807) is 0 Å². The first-order valence-electron chi connectivity index (χ1n) is 7.13. The van der Waals surface area contributed by atoms with Crippen LogP contribution in [0.5, 0.6) is 0 Å². The van der Waals surface area contributed by atoms with Crippen LogP contribution in [0.15, 0.2) is 63.2 Å². The summed E-state index contributed by atoms with van der Waals surface area (Å²) in [7, 11) is 0. The highest BCUT2D eigenvalue weighted by molar-refractivity contribution is 8.07. The molecule has 0 aliphatic heterocycles. The zero-order valence-corrected chi connectivity index (χ0v) is 14.9. The van der Waals surface area contributed by atoms with Gasteiger partial charge in [-0.1, -0.05) is 56.5 Å². The molecule has 116 valence electrons. The standard InChI is InChI=1S/C18H28N2S/c1-9-11-16(12(3)4)18(20-13(5)6)15(8)21-17(10-2)14(7)19/h10H,3,7-9,11,19H2,1-2,4-6H3/b17-10-,18-16-. The zero-order valence-electron chi connectivity index (χ0n) is 14.0. The largest absolute Gasteiger partial charge is 0.398 e. The third-order valence-electron chi connectivity index (χ3n) is 2.71. The normalized spacial score (nSPS) is 12.5. The third-order valence-corrected chi connectivity index (χ3v) is 3.87. The van der Waals surface area contributed by atoms with E-state index in [2.05, 4.69) is 31.7 Å². The number of rotatable bonds is 8. The van der Waals surface area contributed by atoms with Crippen LogP contribution in [-0.2, 0) is 0 Å². The molecule has 21 heavy (non-hydrogen) atoms. The maximum Gasteiger partial charge on any atom is 0.0796 e. The Balaban J connectivity index is 5.78. The predicted molar refractivity (Wildman–Crippen MR) is 99.3 cm³/mol. The molecule has 0 radical (unpaired) electrons. The van der Waals surface area contributed by atoms with E-state index >= 15 is 0 Å². The van der Waals surface area contributed by atoms with Gasteiger partial charge in [-0.2, -0.15) is 0 Å². The van der Waals surface area contributed by atoms with Crippen LogP contribution in [0.1, 0.15) is 47.5 Å². The Morgan fingerprint density at radius 2 is 1.76 bits per heavy atom. The lowest BCUT2D eigenvalue weighted by molar-refractivity contribution is 0.900. The second-order valence-corrected chi connectivity index (χ2v) is 6.26. The molecule has 0 aliphatic carbocycles. The van der Waals surface area contributed by atoms with E-state index < -0.39 is 0 Å². The first kappa shape index (κ1) is 19.5. The van der Waals surface area contributed by atoms with Gasteiger partial charge in [0.25, 0.3) is 0 Å².